The Morgan fingerprint density at radius 3 is 2.07 bits per heavy atom. The van der Waals surface area contributed by atoms with Crippen LogP contribution in [0.5, 0.6) is 0 Å². The number of unbranched alkanes of at least 4 members (excludes halogenated alkanes) is 1. The number of allylic oxidation sites excluding steroid dienone is 2. The Hall–Kier alpha value is -1.75. The highest BCUT2D eigenvalue weighted by Gasteiger charge is 1.99. The van der Waals surface area contributed by atoms with Crippen molar-refractivity contribution in [2.45, 2.75) is 73.3 Å². The van der Waals surface area contributed by atoms with E-state index in [0.717, 1.165) is 23.5 Å². The van der Waals surface area contributed by atoms with Crippen LogP contribution in [0.15, 0.2) is 36.9 Å². The van der Waals surface area contributed by atoms with Crippen molar-refractivity contribution in [3.63, 3.8) is 0 Å². The number of rotatable bonds is 9. The predicted molar refractivity (Wildman–Crippen MR) is 137 cm³/mol. The first-order chi connectivity index (χ1) is 14.5. The lowest BCUT2D eigenvalue weighted by atomic mass is 10.1. The van der Waals surface area contributed by atoms with E-state index in [1.54, 1.807) is 20.3 Å². The van der Waals surface area contributed by atoms with Gasteiger partial charge in [0.25, 0.3) is 0 Å². The highest BCUT2D eigenvalue weighted by atomic mass is 16.4. The largest absolute Gasteiger partial charge is 0.388 e. The second-order valence-corrected chi connectivity index (χ2v) is 6.06. The molecule has 0 saturated heterocycles. The van der Waals surface area contributed by atoms with Gasteiger partial charge in [-0.1, -0.05) is 78.0 Å². The molecule has 0 atom stereocenters. The van der Waals surface area contributed by atoms with Gasteiger partial charge in [-0.05, 0) is 57.0 Å². The number of benzene rings is 1. The van der Waals surface area contributed by atoms with Gasteiger partial charge in [-0.15, -0.1) is 0 Å². The molecule has 1 aromatic carbocycles. The second kappa shape index (κ2) is 31.9. The molecule has 1 rings (SSSR count). The van der Waals surface area contributed by atoms with E-state index < -0.39 is 0 Å². The van der Waals surface area contributed by atoms with Gasteiger partial charge in [-0.25, -0.2) is 0 Å². The number of aryl methyl sites for hydroxylation is 1. The predicted octanol–water partition coefficient (Wildman–Crippen LogP) is 6.44. The van der Waals surface area contributed by atoms with Crippen LogP contribution in [0.4, 0.5) is 0 Å². The maximum absolute atomic E-state index is 10.5. The first kappa shape index (κ1) is 35.7. The number of nitrogens with one attached hydrogen (secondary N) is 1. The van der Waals surface area contributed by atoms with Crippen LogP contribution in [0.1, 0.15) is 81.8 Å². The second-order valence-electron chi connectivity index (χ2n) is 6.06. The Kier molecular flexibility index (Phi) is 38.0. The molecule has 0 fully saturated rings. The van der Waals surface area contributed by atoms with Crippen LogP contribution in [0, 0.1) is 6.92 Å². The molecule has 0 amide bonds. The average molecular weight is 423 g/mol. The van der Waals surface area contributed by atoms with Crippen LogP contribution < -0.4 is 11.1 Å². The minimum atomic E-state index is 0.703. The number of carbonyl (C=O) groups is 1. The third kappa shape index (κ3) is 24.3. The molecule has 0 radical (unpaired) electrons. The molecular formula is C26H50N2O2. The van der Waals surface area contributed by atoms with Crippen LogP contribution in [0.25, 0.3) is 6.08 Å². The van der Waals surface area contributed by atoms with E-state index in [1.165, 1.54) is 39.3 Å². The lowest BCUT2D eigenvalue weighted by Gasteiger charge is -2.13. The quantitative estimate of drug-likeness (QED) is 0.273. The Balaban J connectivity index is -0.000000177. The summed E-state index contributed by atoms with van der Waals surface area (Å²) in [6.45, 7) is 17.5. The van der Waals surface area contributed by atoms with Gasteiger partial charge >= 0.3 is 0 Å². The Labute approximate surface area is 188 Å². The summed E-state index contributed by atoms with van der Waals surface area (Å²) in [5, 5.41) is 3.52. The molecule has 0 heterocycles. The zero-order chi connectivity index (χ0) is 24.2. The fraction of sp³-hybridized carbons (Fsp3) is 0.577. The molecule has 0 saturated carbocycles. The molecule has 0 aliphatic carbocycles. The smallest absolute Gasteiger partial charge is 0.150 e. The minimum absolute atomic E-state index is 0.703. The highest BCUT2D eigenvalue weighted by molar-refractivity contribution is 5.77. The van der Waals surface area contributed by atoms with Gasteiger partial charge in [0, 0.05) is 25.8 Å². The number of carbonyl (C=O) groups excluding carboxylic acids is 1. The fourth-order valence-electron chi connectivity index (χ4n) is 2.14. The number of aldehydes is 1. The summed E-state index contributed by atoms with van der Waals surface area (Å²) in [5.41, 5.74) is 7.42. The van der Waals surface area contributed by atoms with E-state index in [2.05, 4.69) is 43.1 Å². The van der Waals surface area contributed by atoms with Crippen LogP contribution in [-0.4, -0.2) is 40.1 Å². The van der Waals surface area contributed by atoms with E-state index in [1.807, 2.05) is 51.1 Å². The first-order valence-corrected chi connectivity index (χ1v) is 11.1. The van der Waals surface area contributed by atoms with Crippen molar-refractivity contribution < 1.29 is 9.53 Å². The van der Waals surface area contributed by atoms with Gasteiger partial charge in [-0.2, -0.15) is 0 Å². The normalized spacial score (nSPS) is 9.03. The molecule has 4 heteroatoms. The maximum atomic E-state index is 10.5. The molecule has 0 aliphatic heterocycles. The van der Waals surface area contributed by atoms with Crippen LogP contribution in [0.3, 0.4) is 0 Å². The van der Waals surface area contributed by atoms with Gasteiger partial charge in [0.2, 0.25) is 0 Å². The first-order valence-electron chi connectivity index (χ1n) is 11.1. The SMILES string of the molecule is C=C/C=C\c1cc(C=O)ccc1C.CC.CCCCNC(CC)CC.CN.COC. The van der Waals surface area contributed by atoms with Crippen molar-refractivity contribution in [1.82, 2.24) is 5.32 Å². The van der Waals surface area contributed by atoms with E-state index in [0.29, 0.717) is 5.56 Å². The molecule has 176 valence electrons. The van der Waals surface area contributed by atoms with Gasteiger partial charge in [-0.3, -0.25) is 4.79 Å². The van der Waals surface area contributed by atoms with E-state index in [-0.39, 0.29) is 0 Å². The van der Waals surface area contributed by atoms with Gasteiger partial charge < -0.3 is 15.8 Å². The number of hydrogen-bond acceptors (Lipinski definition) is 4. The summed E-state index contributed by atoms with van der Waals surface area (Å²) >= 11 is 0. The molecule has 1 aromatic rings. The van der Waals surface area contributed by atoms with Gasteiger partial charge in [0.1, 0.15) is 6.29 Å². The van der Waals surface area contributed by atoms with Crippen molar-refractivity contribution in [2.24, 2.45) is 5.73 Å². The van der Waals surface area contributed by atoms with Crippen molar-refractivity contribution in [2.75, 3.05) is 27.8 Å². The summed E-state index contributed by atoms with van der Waals surface area (Å²) in [6, 6.07) is 6.37. The molecule has 0 unspecified atom stereocenters. The summed E-state index contributed by atoms with van der Waals surface area (Å²) in [6.07, 6.45) is 11.5. The third-order valence-corrected chi connectivity index (χ3v) is 3.80. The maximum Gasteiger partial charge on any atom is 0.150 e. The zero-order valence-corrected chi connectivity index (χ0v) is 21.3. The zero-order valence-electron chi connectivity index (χ0n) is 21.3. The van der Waals surface area contributed by atoms with Crippen molar-refractivity contribution >= 4 is 12.4 Å². The number of ether oxygens (including phenoxy) is 1. The third-order valence-electron chi connectivity index (χ3n) is 3.80. The molecule has 3 N–H and O–H groups in total. The Bertz CT molecular complexity index is 496. The lowest BCUT2D eigenvalue weighted by Crippen LogP contribution is -2.28. The van der Waals surface area contributed by atoms with Crippen LogP contribution >= 0.6 is 0 Å². The molecule has 0 bridgehead atoms. The van der Waals surface area contributed by atoms with Crippen LogP contribution in [-0.2, 0) is 4.74 Å². The van der Waals surface area contributed by atoms with Crippen LogP contribution in [0.2, 0.25) is 0 Å². The number of nitrogens with two attached hydrogens (primary N) is 1. The van der Waals surface area contributed by atoms with Crippen molar-refractivity contribution in [3.05, 3.63) is 53.6 Å². The average Bonchev–Trinajstić information content (AvgIpc) is 2.80. The van der Waals surface area contributed by atoms with Gasteiger partial charge in [0.15, 0.2) is 0 Å². The Morgan fingerprint density at radius 2 is 1.67 bits per heavy atom. The van der Waals surface area contributed by atoms with E-state index in [4.69, 9.17) is 0 Å². The van der Waals surface area contributed by atoms with E-state index >= 15 is 0 Å². The standard InChI is InChI=1S/C12H12O.C9H21N.C2H6O.C2H6.CH5N/c1-3-4-5-12-8-11(9-13)7-6-10(12)2;1-4-7-8-10-9(5-2)6-3;1-3-2;2*1-2/h3-9H,1H2,2H3;9-10H,4-8H2,1-3H3;1-2H3;1-2H3;2H2,1H3/b5-4-;;;;. The molecule has 0 aliphatic rings. The van der Waals surface area contributed by atoms with E-state index in [9.17, 15) is 4.79 Å². The van der Waals surface area contributed by atoms with Gasteiger partial charge in [0.05, 0.1) is 0 Å². The lowest BCUT2D eigenvalue weighted by molar-refractivity contribution is 0.112. The monoisotopic (exact) mass is 422 g/mol. The fourth-order valence-corrected chi connectivity index (χ4v) is 2.14. The summed E-state index contributed by atoms with van der Waals surface area (Å²) in [7, 11) is 4.75. The summed E-state index contributed by atoms with van der Waals surface area (Å²) in [5.74, 6) is 0. The molecule has 0 aromatic heterocycles. The molecular weight excluding hydrogens is 372 g/mol. The van der Waals surface area contributed by atoms with Crippen molar-refractivity contribution in [1.29, 1.82) is 0 Å². The number of methoxy groups -OCH3 is 1. The molecule has 4 nitrogen and oxygen atoms in total. The summed E-state index contributed by atoms with van der Waals surface area (Å²) in [4.78, 5) is 10.5. The van der Waals surface area contributed by atoms with Crippen molar-refractivity contribution in [3.8, 4) is 0 Å². The topological polar surface area (TPSA) is 64.4 Å². The highest BCUT2D eigenvalue weighted by Crippen LogP contribution is 2.11. The number of hydrogen-bond donors (Lipinski definition) is 2. The minimum Gasteiger partial charge on any atom is -0.388 e. The molecule has 0 spiro atoms. The summed E-state index contributed by atoms with van der Waals surface area (Å²) < 4.78 is 4.25. The Morgan fingerprint density at radius 1 is 1.13 bits per heavy atom. The molecule has 30 heavy (non-hydrogen) atoms.